The summed E-state index contributed by atoms with van der Waals surface area (Å²) in [5.41, 5.74) is 0.769. The van der Waals surface area contributed by atoms with Crippen molar-refractivity contribution in [2.45, 2.75) is 19.5 Å². The summed E-state index contributed by atoms with van der Waals surface area (Å²) in [5, 5.41) is 6.60. The number of rotatable bonds is 6. The zero-order chi connectivity index (χ0) is 20.9. The summed E-state index contributed by atoms with van der Waals surface area (Å²) in [5.74, 6) is -1.00. The van der Waals surface area contributed by atoms with Gasteiger partial charge in [0.25, 0.3) is 5.56 Å². The first-order chi connectivity index (χ1) is 13.8. The Hall–Kier alpha value is -3.69. The van der Waals surface area contributed by atoms with E-state index >= 15 is 0 Å². The first-order valence-corrected chi connectivity index (χ1v) is 8.41. The van der Waals surface area contributed by atoms with E-state index < -0.39 is 30.1 Å². The van der Waals surface area contributed by atoms with Crippen molar-refractivity contribution in [3.63, 3.8) is 0 Å². The summed E-state index contributed by atoms with van der Waals surface area (Å²) in [6.07, 6.45) is -1.69. The normalized spacial score (nSPS) is 11.1. The van der Waals surface area contributed by atoms with E-state index in [9.17, 15) is 22.8 Å². The molecular weight excluding hydrogens is 389 g/mol. The zero-order valence-corrected chi connectivity index (χ0v) is 14.9. The second kappa shape index (κ2) is 8.55. The highest BCUT2D eigenvalue weighted by Gasteiger charge is 2.32. The van der Waals surface area contributed by atoms with Crippen molar-refractivity contribution in [2.75, 3.05) is 0 Å². The van der Waals surface area contributed by atoms with Crippen molar-refractivity contribution >= 4 is 5.91 Å². The molecule has 0 bridgehead atoms. The van der Waals surface area contributed by atoms with Crippen LogP contribution in [-0.4, -0.2) is 27.0 Å². The van der Waals surface area contributed by atoms with E-state index in [4.69, 9.17) is 0 Å². The Morgan fingerprint density at radius 2 is 1.90 bits per heavy atom. The highest BCUT2D eigenvalue weighted by atomic mass is 19.4. The van der Waals surface area contributed by atoms with Crippen LogP contribution >= 0.6 is 0 Å². The Balaban J connectivity index is 1.69. The molecule has 0 radical (unpaired) electrons. The van der Waals surface area contributed by atoms with Crippen molar-refractivity contribution in [2.24, 2.45) is 0 Å². The highest BCUT2D eigenvalue weighted by Crippen LogP contribution is 2.26. The second-order valence-corrected chi connectivity index (χ2v) is 5.89. The molecule has 1 N–H and O–H groups in total. The van der Waals surface area contributed by atoms with E-state index in [1.807, 2.05) is 0 Å². The van der Waals surface area contributed by atoms with Crippen LogP contribution in [0.5, 0.6) is 5.75 Å². The lowest BCUT2D eigenvalue weighted by molar-refractivity contribution is -0.274. The number of pyridine rings is 1. The summed E-state index contributed by atoms with van der Waals surface area (Å²) < 4.78 is 42.3. The fraction of sp³-hybridized carbons (Fsp3) is 0.158. The number of amides is 1. The smallest absolute Gasteiger partial charge is 0.405 e. The molecule has 2 heterocycles. The average Bonchev–Trinajstić information content (AvgIpc) is 2.68. The molecule has 0 saturated carbocycles. The zero-order valence-electron chi connectivity index (χ0n) is 14.9. The van der Waals surface area contributed by atoms with Gasteiger partial charge < -0.3 is 10.1 Å². The number of carbonyl (C=O) groups excluding carboxylic acids is 1. The summed E-state index contributed by atoms with van der Waals surface area (Å²) in [6, 6.07) is 11.7. The minimum Gasteiger partial charge on any atom is -0.405 e. The molecule has 0 aliphatic carbocycles. The van der Waals surface area contributed by atoms with Gasteiger partial charge in [-0.25, -0.2) is 4.68 Å². The molecular formula is C19H15F3N4O3. The summed E-state index contributed by atoms with van der Waals surface area (Å²) in [7, 11) is 0. The lowest BCUT2D eigenvalue weighted by Crippen LogP contribution is -2.33. The molecule has 3 aromatic rings. The Morgan fingerprint density at radius 1 is 1.10 bits per heavy atom. The highest BCUT2D eigenvalue weighted by molar-refractivity contribution is 5.75. The maximum Gasteiger partial charge on any atom is 0.573 e. The summed E-state index contributed by atoms with van der Waals surface area (Å²) >= 11 is 0. The Morgan fingerprint density at radius 3 is 2.62 bits per heavy atom. The van der Waals surface area contributed by atoms with E-state index in [-0.39, 0.29) is 12.1 Å². The van der Waals surface area contributed by atoms with Gasteiger partial charge in [0.15, 0.2) is 0 Å². The molecule has 2 aromatic heterocycles. The molecule has 10 heteroatoms. The largest absolute Gasteiger partial charge is 0.573 e. The topological polar surface area (TPSA) is 86.1 Å². The van der Waals surface area contributed by atoms with Crippen molar-refractivity contribution in [1.82, 2.24) is 20.1 Å². The van der Waals surface area contributed by atoms with Gasteiger partial charge in [-0.05, 0) is 24.3 Å². The molecule has 0 atom stereocenters. The van der Waals surface area contributed by atoms with Crippen LogP contribution in [0.3, 0.4) is 0 Å². The molecule has 0 spiro atoms. The predicted octanol–water partition coefficient (Wildman–Crippen LogP) is 2.52. The number of aromatic nitrogens is 3. The van der Waals surface area contributed by atoms with Crippen LogP contribution < -0.4 is 15.6 Å². The number of para-hydroxylation sites is 1. The number of ether oxygens (including phenoxy) is 1. The molecule has 1 aromatic carbocycles. The quantitative estimate of drug-likeness (QED) is 0.682. The van der Waals surface area contributed by atoms with Crippen molar-refractivity contribution in [1.29, 1.82) is 0 Å². The van der Waals surface area contributed by atoms with Crippen LogP contribution in [0.2, 0.25) is 0 Å². The van der Waals surface area contributed by atoms with Crippen LogP contribution in [0, 0.1) is 0 Å². The van der Waals surface area contributed by atoms with E-state index in [2.05, 4.69) is 20.1 Å². The van der Waals surface area contributed by atoms with Crippen molar-refractivity contribution in [3.05, 3.63) is 76.8 Å². The number of nitrogens with zero attached hydrogens (tertiary/aromatic N) is 3. The Labute approximate surface area is 162 Å². The molecule has 0 aliphatic rings. The van der Waals surface area contributed by atoms with E-state index in [1.165, 1.54) is 30.3 Å². The van der Waals surface area contributed by atoms with Crippen LogP contribution in [0.15, 0.2) is 65.7 Å². The lowest BCUT2D eigenvalue weighted by Gasteiger charge is -2.14. The molecule has 0 fully saturated rings. The molecule has 7 nitrogen and oxygen atoms in total. The van der Waals surface area contributed by atoms with Crippen LogP contribution in [0.1, 0.15) is 5.56 Å². The molecule has 150 valence electrons. The number of benzene rings is 1. The maximum absolute atomic E-state index is 12.5. The lowest BCUT2D eigenvalue weighted by atomic mass is 10.2. The third-order valence-corrected chi connectivity index (χ3v) is 3.79. The van der Waals surface area contributed by atoms with Gasteiger partial charge in [-0.3, -0.25) is 14.6 Å². The molecule has 0 aliphatic heterocycles. The van der Waals surface area contributed by atoms with Gasteiger partial charge in [0.05, 0.1) is 5.69 Å². The van der Waals surface area contributed by atoms with Crippen LogP contribution in [-0.2, 0) is 17.9 Å². The van der Waals surface area contributed by atoms with Crippen LogP contribution in [0.4, 0.5) is 13.2 Å². The average molecular weight is 404 g/mol. The monoisotopic (exact) mass is 404 g/mol. The fourth-order valence-corrected chi connectivity index (χ4v) is 2.49. The summed E-state index contributed by atoms with van der Waals surface area (Å²) in [4.78, 5) is 28.2. The first kappa shape index (κ1) is 20.1. The molecule has 3 rings (SSSR count). The van der Waals surface area contributed by atoms with Gasteiger partial charge in [0.1, 0.15) is 12.3 Å². The van der Waals surface area contributed by atoms with E-state index in [1.54, 1.807) is 24.5 Å². The van der Waals surface area contributed by atoms with Gasteiger partial charge in [-0.15, -0.1) is 13.2 Å². The second-order valence-electron chi connectivity index (χ2n) is 5.89. The third-order valence-electron chi connectivity index (χ3n) is 3.79. The number of nitrogens with one attached hydrogen (secondary N) is 1. The maximum atomic E-state index is 12.5. The summed E-state index contributed by atoms with van der Waals surface area (Å²) in [6.45, 7) is -0.600. The Kier molecular flexibility index (Phi) is 5.91. The van der Waals surface area contributed by atoms with Crippen LogP contribution in [0.25, 0.3) is 11.3 Å². The minimum atomic E-state index is -4.84. The number of carbonyl (C=O) groups is 1. The molecule has 0 unspecified atom stereocenters. The van der Waals surface area contributed by atoms with Gasteiger partial charge in [0, 0.05) is 36.1 Å². The first-order valence-electron chi connectivity index (χ1n) is 8.41. The number of halogens is 3. The van der Waals surface area contributed by atoms with E-state index in [0.29, 0.717) is 11.3 Å². The number of hydrogen-bond acceptors (Lipinski definition) is 5. The molecule has 29 heavy (non-hydrogen) atoms. The number of hydrogen-bond donors (Lipinski definition) is 1. The molecule has 1 amide bonds. The molecule has 0 saturated heterocycles. The third kappa shape index (κ3) is 5.64. The number of alkyl halides is 3. The van der Waals surface area contributed by atoms with Crippen molar-refractivity contribution < 1.29 is 22.7 Å². The standard InChI is InChI=1S/C19H15F3N4O3/c20-19(21,22)29-16-6-2-1-4-14(16)11-24-17(27)12-26-18(28)8-7-15(25-26)13-5-3-9-23-10-13/h1-10H,11-12H2,(H,24,27). The van der Waals surface area contributed by atoms with Gasteiger partial charge in [-0.2, -0.15) is 5.10 Å². The Bertz CT molecular complexity index is 1050. The van der Waals surface area contributed by atoms with Gasteiger partial charge in [0.2, 0.25) is 5.91 Å². The minimum absolute atomic E-state index is 0.141. The van der Waals surface area contributed by atoms with E-state index in [0.717, 1.165) is 10.7 Å². The van der Waals surface area contributed by atoms with Gasteiger partial charge >= 0.3 is 6.36 Å². The van der Waals surface area contributed by atoms with Gasteiger partial charge in [-0.1, -0.05) is 18.2 Å². The SMILES string of the molecule is O=C(Cn1nc(-c2cccnc2)ccc1=O)NCc1ccccc1OC(F)(F)F. The predicted molar refractivity (Wildman–Crippen MR) is 96.7 cm³/mol. The fourth-order valence-electron chi connectivity index (χ4n) is 2.49. The van der Waals surface area contributed by atoms with Crippen molar-refractivity contribution in [3.8, 4) is 17.0 Å².